The van der Waals surface area contributed by atoms with Crippen LogP contribution in [0.15, 0.2) is 25.2 Å². The lowest BCUT2D eigenvalue weighted by Gasteiger charge is -2.38. The Labute approximate surface area is 158 Å². The summed E-state index contributed by atoms with van der Waals surface area (Å²) in [6.45, 7) is 7.94. The van der Waals surface area contributed by atoms with Crippen LogP contribution in [0.2, 0.25) is 0 Å². The van der Waals surface area contributed by atoms with Crippen LogP contribution in [0.1, 0.15) is 38.7 Å². The molecule has 2 aromatic rings. The van der Waals surface area contributed by atoms with Crippen LogP contribution in [-0.2, 0) is 11.2 Å². The number of hydrogen-bond donors (Lipinski definition) is 2. The molecule has 1 aliphatic carbocycles. The van der Waals surface area contributed by atoms with E-state index in [0.717, 1.165) is 35.3 Å². The fraction of sp³-hybridized carbons (Fsp3) is 0.550. The van der Waals surface area contributed by atoms with E-state index in [9.17, 15) is 9.18 Å². The number of piperidine rings is 1. The summed E-state index contributed by atoms with van der Waals surface area (Å²) < 4.78 is 14.0. The molecule has 1 saturated heterocycles. The standard InChI is InChI=1S/C20H26FN5O/c1-4-16(27)26-10-15(6-5-12(26)2)25-19-17-13(7-14-8-20(14,3)21)9-22-18(17)23-11-24-19/h4,9,11-12,14-15H,1,5-8,10H2,2-3H3,(H2,22,23,24,25)/t12-,14-,15+,20?/m0/s1. The van der Waals surface area contributed by atoms with E-state index < -0.39 is 5.67 Å². The molecular formula is C20H26FN5O. The fourth-order valence-corrected chi connectivity index (χ4v) is 4.11. The Morgan fingerprint density at radius 1 is 1.52 bits per heavy atom. The highest BCUT2D eigenvalue weighted by Gasteiger charge is 2.50. The monoisotopic (exact) mass is 371 g/mol. The summed E-state index contributed by atoms with van der Waals surface area (Å²) in [4.78, 5) is 25.9. The van der Waals surface area contributed by atoms with Crippen LogP contribution in [0.4, 0.5) is 10.2 Å². The second-order valence-corrected chi connectivity index (χ2v) is 8.11. The molecule has 2 aromatic heterocycles. The van der Waals surface area contributed by atoms with Gasteiger partial charge in [0.2, 0.25) is 5.91 Å². The average molecular weight is 371 g/mol. The molecule has 2 aliphatic rings. The predicted octanol–water partition coefficient (Wildman–Crippen LogP) is 3.23. The van der Waals surface area contributed by atoms with E-state index in [1.807, 2.05) is 11.1 Å². The van der Waals surface area contributed by atoms with Gasteiger partial charge in [0.05, 0.1) is 5.39 Å². The molecule has 3 heterocycles. The molecule has 0 radical (unpaired) electrons. The highest BCUT2D eigenvalue weighted by Crippen LogP contribution is 2.49. The Balaban J connectivity index is 1.56. The number of carbonyl (C=O) groups is 1. The minimum atomic E-state index is -1.06. The van der Waals surface area contributed by atoms with E-state index in [0.29, 0.717) is 19.4 Å². The lowest BCUT2D eigenvalue weighted by molar-refractivity contribution is -0.129. The number of alkyl halides is 1. The van der Waals surface area contributed by atoms with E-state index >= 15 is 0 Å². The number of aromatic nitrogens is 3. The van der Waals surface area contributed by atoms with Gasteiger partial charge in [-0.2, -0.15) is 0 Å². The zero-order valence-corrected chi connectivity index (χ0v) is 15.8. The van der Waals surface area contributed by atoms with Gasteiger partial charge in [0, 0.05) is 24.8 Å². The normalized spacial score (nSPS) is 30.3. The molecule has 27 heavy (non-hydrogen) atoms. The van der Waals surface area contributed by atoms with Gasteiger partial charge < -0.3 is 15.2 Å². The third-order valence-electron chi connectivity index (χ3n) is 6.04. The van der Waals surface area contributed by atoms with Crippen LogP contribution < -0.4 is 5.32 Å². The molecule has 0 aromatic carbocycles. The highest BCUT2D eigenvalue weighted by molar-refractivity contribution is 5.90. The minimum Gasteiger partial charge on any atom is -0.365 e. The third kappa shape index (κ3) is 3.42. The van der Waals surface area contributed by atoms with E-state index in [-0.39, 0.29) is 23.9 Å². The van der Waals surface area contributed by atoms with Crippen LogP contribution in [0.25, 0.3) is 11.0 Å². The van der Waals surface area contributed by atoms with Crippen molar-refractivity contribution in [3.8, 4) is 0 Å². The number of rotatable bonds is 5. The summed E-state index contributed by atoms with van der Waals surface area (Å²) in [5.41, 5.74) is 0.743. The first-order chi connectivity index (χ1) is 12.9. The summed E-state index contributed by atoms with van der Waals surface area (Å²) in [6.07, 6.45) is 7.98. The van der Waals surface area contributed by atoms with Gasteiger partial charge in [-0.1, -0.05) is 6.58 Å². The van der Waals surface area contributed by atoms with E-state index in [1.165, 1.54) is 12.4 Å². The summed E-state index contributed by atoms with van der Waals surface area (Å²) in [5.74, 6) is 0.768. The van der Waals surface area contributed by atoms with Crippen molar-refractivity contribution >= 4 is 22.8 Å². The molecule has 4 atom stereocenters. The molecule has 1 saturated carbocycles. The van der Waals surface area contributed by atoms with Crippen molar-refractivity contribution in [3.05, 3.63) is 30.7 Å². The van der Waals surface area contributed by atoms with E-state index in [4.69, 9.17) is 0 Å². The average Bonchev–Trinajstić information content (AvgIpc) is 3.04. The molecule has 0 spiro atoms. The van der Waals surface area contributed by atoms with Crippen LogP contribution in [-0.4, -0.2) is 50.1 Å². The van der Waals surface area contributed by atoms with Crippen molar-refractivity contribution in [2.75, 3.05) is 11.9 Å². The topological polar surface area (TPSA) is 73.9 Å². The SMILES string of the molecule is C=CC(=O)N1C[C@H](Nc2ncnc3[nH]cc(C[C@H]4CC4(C)F)c23)CC[C@@H]1C. The van der Waals surface area contributed by atoms with Crippen molar-refractivity contribution in [1.82, 2.24) is 19.9 Å². The van der Waals surface area contributed by atoms with Gasteiger partial charge >= 0.3 is 0 Å². The van der Waals surface area contributed by atoms with Crippen LogP contribution in [0.5, 0.6) is 0 Å². The molecule has 2 fully saturated rings. The zero-order chi connectivity index (χ0) is 19.2. The Bertz CT molecular complexity index is 876. The molecular weight excluding hydrogens is 345 g/mol. The fourth-order valence-electron chi connectivity index (χ4n) is 4.11. The first-order valence-electron chi connectivity index (χ1n) is 9.58. The van der Waals surface area contributed by atoms with Gasteiger partial charge in [-0.05, 0) is 57.1 Å². The molecule has 1 unspecified atom stereocenters. The number of carbonyl (C=O) groups excluding carboxylic acids is 1. The largest absolute Gasteiger partial charge is 0.365 e. The maximum Gasteiger partial charge on any atom is 0.246 e. The van der Waals surface area contributed by atoms with Gasteiger partial charge in [0.1, 0.15) is 23.5 Å². The first kappa shape index (κ1) is 17.9. The number of anilines is 1. The molecule has 144 valence electrons. The van der Waals surface area contributed by atoms with Gasteiger partial charge in [-0.15, -0.1) is 0 Å². The van der Waals surface area contributed by atoms with Crippen molar-refractivity contribution in [2.24, 2.45) is 5.92 Å². The van der Waals surface area contributed by atoms with Crippen molar-refractivity contribution in [1.29, 1.82) is 0 Å². The number of nitrogens with one attached hydrogen (secondary N) is 2. The zero-order valence-electron chi connectivity index (χ0n) is 15.8. The molecule has 1 amide bonds. The quantitative estimate of drug-likeness (QED) is 0.792. The predicted molar refractivity (Wildman–Crippen MR) is 103 cm³/mol. The van der Waals surface area contributed by atoms with Crippen molar-refractivity contribution < 1.29 is 9.18 Å². The smallest absolute Gasteiger partial charge is 0.246 e. The minimum absolute atomic E-state index is 0.0415. The number of fused-ring (bicyclic) bond motifs is 1. The van der Waals surface area contributed by atoms with Gasteiger partial charge in [0.25, 0.3) is 0 Å². The summed E-state index contributed by atoms with van der Waals surface area (Å²) >= 11 is 0. The number of halogens is 1. The lowest BCUT2D eigenvalue weighted by atomic mass is 9.99. The van der Waals surface area contributed by atoms with Crippen LogP contribution in [0.3, 0.4) is 0 Å². The Morgan fingerprint density at radius 2 is 2.30 bits per heavy atom. The Hall–Kier alpha value is -2.44. The number of hydrogen-bond acceptors (Lipinski definition) is 4. The van der Waals surface area contributed by atoms with E-state index in [1.54, 1.807) is 6.92 Å². The second-order valence-electron chi connectivity index (χ2n) is 8.11. The first-order valence-corrected chi connectivity index (χ1v) is 9.58. The maximum absolute atomic E-state index is 14.0. The molecule has 6 nitrogen and oxygen atoms in total. The van der Waals surface area contributed by atoms with E-state index in [2.05, 4.69) is 33.8 Å². The molecule has 7 heteroatoms. The Morgan fingerprint density at radius 3 is 3.00 bits per heavy atom. The summed E-state index contributed by atoms with van der Waals surface area (Å²) in [6, 6.07) is 0.317. The Kier molecular flexibility index (Phi) is 4.40. The van der Waals surface area contributed by atoms with Gasteiger partial charge in [-0.3, -0.25) is 4.79 Å². The number of H-pyrrole nitrogens is 1. The maximum atomic E-state index is 14.0. The second kappa shape index (κ2) is 6.62. The number of amides is 1. The van der Waals surface area contributed by atoms with Gasteiger partial charge in [-0.25, -0.2) is 14.4 Å². The summed E-state index contributed by atoms with van der Waals surface area (Å²) in [7, 11) is 0. The van der Waals surface area contributed by atoms with Crippen LogP contribution in [0, 0.1) is 5.92 Å². The van der Waals surface area contributed by atoms with Crippen molar-refractivity contribution in [2.45, 2.75) is 57.3 Å². The lowest BCUT2D eigenvalue weighted by Crippen LogP contribution is -2.49. The van der Waals surface area contributed by atoms with Crippen molar-refractivity contribution in [3.63, 3.8) is 0 Å². The number of nitrogens with zero attached hydrogens (tertiary/aromatic N) is 3. The summed E-state index contributed by atoms with van der Waals surface area (Å²) in [5, 5.41) is 4.43. The number of likely N-dealkylation sites (tertiary alicyclic amines) is 1. The molecule has 4 rings (SSSR count). The third-order valence-corrected chi connectivity index (χ3v) is 6.04. The molecule has 2 N–H and O–H groups in total. The molecule has 0 bridgehead atoms. The van der Waals surface area contributed by atoms with Crippen LogP contribution >= 0.6 is 0 Å². The highest BCUT2D eigenvalue weighted by atomic mass is 19.1. The molecule has 1 aliphatic heterocycles. The van der Waals surface area contributed by atoms with Gasteiger partial charge in [0.15, 0.2) is 0 Å². The number of aromatic amines is 1.